The van der Waals surface area contributed by atoms with Gasteiger partial charge in [0.15, 0.2) is 0 Å². The van der Waals surface area contributed by atoms with Gasteiger partial charge in [-0.05, 0) is 78.4 Å². The molecule has 1 fully saturated rings. The molecule has 0 saturated carbocycles. The number of hydrogen-bond acceptors (Lipinski definition) is 3. The largest absolute Gasteiger partial charge is 0.507 e. The molecular weight excluding hydrogens is 432 g/mol. The summed E-state index contributed by atoms with van der Waals surface area (Å²) < 4.78 is 0. The van der Waals surface area contributed by atoms with Crippen molar-refractivity contribution in [1.82, 2.24) is 10.2 Å². The molecule has 1 saturated heterocycles. The van der Waals surface area contributed by atoms with E-state index in [4.69, 9.17) is 0 Å². The van der Waals surface area contributed by atoms with Crippen LogP contribution in [0.15, 0.2) is 48.5 Å². The Morgan fingerprint density at radius 1 is 1.00 bits per heavy atom. The summed E-state index contributed by atoms with van der Waals surface area (Å²) in [5.74, 6) is 0.975. The summed E-state index contributed by atoms with van der Waals surface area (Å²) in [6.45, 7) is 16.6. The highest BCUT2D eigenvalue weighted by Gasteiger charge is 2.26. The van der Waals surface area contributed by atoms with Gasteiger partial charge in [-0.15, -0.1) is 0 Å². The van der Waals surface area contributed by atoms with Crippen molar-refractivity contribution >= 4 is 12.0 Å². The predicted octanol–water partition coefficient (Wildman–Crippen LogP) is 6.42. The quantitative estimate of drug-likeness (QED) is 0.454. The summed E-state index contributed by atoms with van der Waals surface area (Å²) in [6, 6.07) is 14.7. The normalized spacial score (nSPS) is 16.1. The summed E-state index contributed by atoms with van der Waals surface area (Å²) in [6.07, 6.45) is 6.89. The summed E-state index contributed by atoms with van der Waals surface area (Å²) in [5, 5.41) is 13.9. The minimum Gasteiger partial charge on any atom is -0.507 e. The lowest BCUT2D eigenvalue weighted by Crippen LogP contribution is -2.34. The molecule has 0 aromatic heterocycles. The molecule has 0 aliphatic carbocycles. The van der Waals surface area contributed by atoms with Crippen molar-refractivity contribution in [1.29, 1.82) is 0 Å². The van der Waals surface area contributed by atoms with E-state index in [1.807, 2.05) is 18.2 Å². The third kappa shape index (κ3) is 7.96. The Bertz CT molecular complexity index is 970. The zero-order valence-corrected chi connectivity index (χ0v) is 22.5. The molecule has 35 heavy (non-hydrogen) atoms. The Morgan fingerprint density at radius 2 is 1.57 bits per heavy atom. The van der Waals surface area contributed by atoms with E-state index in [1.54, 1.807) is 6.08 Å². The number of nitrogens with one attached hydrogen (secondary N) is 1. The fraction of sp³-hybridized carbons (Fsp3) is 0.516. The third-order valence-electron chi connectivity index (χ3n) is 6.98. The van der Waals surface area contributed by atoms with Crippen LogP contribution < -0.4 is 5.32 Å². The Labute approximate surface area is 212 Å². The number of piperidine rings is 1. The summed E-state index contributed by atoms with van der Waals surface area (Å²) in [5.41, 5.74) is 3.76. The lowest BCUT2D eigenvalue weighted by atomic mass is 9.78. The molecule has 1 heterocycles. The second-order valence-corrected chi connectivity index (χ2v) is 12.1. The van der Waals surface area contributed by atoms with Gasteiger partial charge in [0.1, 0.15) is 5.75 Å². The number of carbonyl (C=O) groups excluding carboxylic acids is 1. The van der Waals surface area contributed by atoms with Gasteiger partial charge < -0.3 is 10.4 Å². The fourth-order valence-electron chi connectivity index (χ4n) is 4.80. The van der Waals surface area contributed by atoms with Crippen LogP contribution in [0.1, 0.15) is 83.1 Å². The highest BCUT2D eigenvalue weighted by atomic mass is 16.3. The average Bonchev–Trinajstić information content (AvgIpc) is 2.78. The lowest BCUT2D eigenvalue weighted by Gasteiger charge is -2.32. The van der Waals surface area contributed by atoms with E-state index in [2.05, 4.69) is 82.1 Å². The van der Waals surface area contributed by atoms with Gasteiger partial charge in [0.2, 0.25) is 5.91 Å². The van der Waals surface area contributed by atoms with Crippen LogP contribution in [0, 0.1) is 5.92 Å². The first-order chi connectivity index (χ1) is 16.4. The van der Waals surface area contributed by atoms with Gasteiger partial charge in [-0.3, -0.25) is 9.69 Å². The number of amides is 1. The summed E-state index contributed by atoms with van der Waals surface area (Å²) in [4.78, 5) is 15.0. The van der Waals surface area contributed by atoms with Crippen LogP contribution in [0.5, 0.6) is 5.75 Å². The van der Waals surface area contributed by atoms with E-state index in [0.717, 1.165) is 42.7 Å². The molecule has 4 heteroatoms. The van der Waals surface area contributed by atoms with Gasteiger partial charge >= 0.3 is 0 Å². The van der Waals surface area contributed by atoms with Gasteiger partial charge in [-0.1, -0.05) is 71.9 Å². The van der Waals surface area contributed by atoms with E-state index >= 15 is 0 Å². The molecule has 1 amide bonds. The zero-order chi connectivity index (χ0) is 25.6. The molecule has 2 aromatic carbocycles. The van der Waals surface area contributed by atoms with Crippen molar-refractivity contribution in [3.8, 4) is 5.75 Å². The first kappa shape index (κ1) is 27.0. The van der Waals surface area contributed by atoms with Crippen molar-refractivity contribution < 1.29 is 9.90 Å². The van der Waals surface area contributed by atoms with Crippen molar-refractivity contribution in [3.05, 3.63) is 70.8 Å². The van der Waals surface area contributed by atoms with Gasteiger partial charge in [-0.25, -0.2) is 0 Å². The third-order valence-corrected chi connectivity index (χ3v) is 6.98. The number of hydrogen-bond donors (Lipinski definition) is 2. The molecule has 0 unspecified atom stereocenters. The second-order valence-electron chi connectivity index (χ2n) is 12.1. The molecule has 0 bridgehead atoms. The molecular formula is C31H44N2O2. The zero-order valence-electron chi connectivity index (χ0n) is 22.5. The average molecular weight is 477 g/mol. The highest BCUT2D eigenvalue weighted by molar-refractivity contribution is 5.91. The van der Waals surface area contributed by atoms with E-state index in [-0.39, 0.29) is 16.7 Å². The molecule has 2 aromatic rings. The van der Waals surface area contributed by atoms with Gasteiger partial charge in [0, 0.05) is 30.3 Å². The summed E-state index contributed by atoms with van der Waals surface area (Å²) >= 11 is 0. The summed E-state index contributed by atoms with van der Waals surface area (Å²) in [7, 11) is 0. The SMILES string of the molecule is CC(C)(C)c1cc(/C=C/C(=O)NCCC2CCN(Cc3ccccc3)CC2)cc(C(C)(C)C)c1O. The molecule has 1 aliphatic heterocycles. The number of phenols is 1. The number of carbonyl (C=O) groups is 1. The van der Waals surface area contributed by atoms with E-state index in [9.17, 15) is 9.90 Å². The van der Waals surface area contributed by atoms with Crippen molar-refractivity contribution in [2.45, 2.75) is 78.2 Å². The van der Waals surface area contributed by atoms with Crippen LogP contribution in [0.3, 0.4) is 0 Å². The first-order valence-corrected chi connectivity index (χ1v) is 13.0. The Balaban J connectivity index is 1.49. The van der Waals surface area contributed by atoms with Crippen LogP contribution in [0.2, 0.25) is 0 Å². The standard InChI is InChI=1S/C31H44N2O2/c1-30(2,3)26-20-25(21-27(29(26)35)31(4,5)6)12-13-28(34)32-17-14-23-15-18-33(19-16-23)22-24-10-8-7-9-11-24/h7-13,20-21,23,35H,14-19,22H2,1-6H3,(H,32,34)/b13-12+. The Hall–Kier alpha value is -2.59. The Morgan fingerprint density at radius 3 is 2.11 bits per heavy atom. The van der Waals surface area contributed by atoms with Gasteiger partial charge in [0.25, 0.3) is 0 Å². The molecule has 3 rings (SSSR count). The van der Waals surface area contributed by atoms with Gasteiger partial charge in [-0.2, -0.15) is 0 Å². The molecule has 190 valence electrons. The molecule has 2 N–H and O–H groups in total. The number of nitrogens with zero attached hydrogens (tertiary/aromatic N) is 1. The van der Waals surface area contributed by atoms with Crippen LogP contribution in [0.25, 0.3) is 6.08 Å². The lowest BCUT2D eigenvalue weighted by molar-refractivity contribution is -0.116. The number of phenolic OH excluding ortho intramolecular Hbond substituents is 1. The predicted molar refractivity (Wildman–Crippen MR) is 147 cm³/mol. The topological polar surface area (TPSA) is 52.6 Å². The fourth-order valence-corrected chi connectivity index (χ4v) is 4.80. The van der Waals surface area contributed by atoms with E-state index in [1.165, 1.54) is 18.4 Å². The van der Waals surface area contributed by atoms with Gasteiger partial charge in [0.05, 0.1) is 0 Å². The number of likely N-dealkylation sites (tertiary alicyclic amines) is 1. The molecule has 1 aliphatic rings. The number of aromatic hydroxyl groups is 1. The van der Waals surface area contributed by atoms with Crippen molar-refractivity contribution in [2.75, 3.05) is 19.6 Å². The maximum atomic E-state index is 12.5. The number of benzene rings is 2. The van der Waals surface area contributed by atoms with Crippen molar-refractivity contribution in [3.63, 3.8) is 0 Å². The number of rotatable bonds is 7. The van der Waals surface area contributed by atoms with E-state index in [0.29, 0.717) is 18.2 Å². The highest BCUT2D eigenvalue weighted by Crippen LogP contribution is 2.40. The monoisotopic (exact) mass is 476 g/mol. The second kappa shape index (κ2) is 11.4. The minimum atomic E-state index is -0.188. The smallest absolute Gasteiger partial charge is 0.243 e. The maximum Gasteiger partial charge on any atom is 0.243 e. The van der Waals surface area contributed by atoms with Crippen LogP contribution in [0.4, 0.5) is 0 Å². The van der Waals surface area contributed by atoms with Crippen LogP contribution in [-0.4, -0.2) is 35.5 Å². The first-order valence-electron chi connectivity index (χ1n) is 13.0. The molecule has 0 spiro atoms. The van der Waals surface area contributed by atoms with E-state index < -0.39 is 0 Å². The molecule has 0 atom stereocenters. The maximum absolute atomic E-state index is 12.5. The van der Waals surface area contributed by atoms with Crippen LogP contribution in [-0.2, 0) is 22.2 Å². The van der Waals surface area contributed by atoms with Crippen molar-refractivity contribution in [2.24, 2.45) is 5.92 Å². The molecule has 4 nitrogen and oxygen atoms in total. The minimum absolute atomic E-state index is 0.0609. The van der Waals surface area contributed by atoms with Crippen LogP contribution >= 0.6 is 0 Å². The Kier molecular flexibility index (Phi) is 8.82. The molecule has 0 radical (unpaired) electrons.